The Kier molecular flexibility index (Phi) is 3.10. The Labute approximate surface area is 119 Å². The molecule has 0 saturated carbocycles. The van der Waals surface area contributed by atoms with Crippen LogP contribution in [-0.2, 0) is 13.0 Å². The minimum Gasteiger partial charge on any atom is -0.444 e. The minimum atomic E-state index is -0.512. The lowest BCUT2D eigenvalue weighted by molar-refractivity contribution is 0.449. The van der Waals surface area contributed by atoms with Crippen molar-refractivity contribution < 1.29 is 8.81 Å². The topological polar surface area (TPSA) is 69.9 Å². The molecule has 0 atom stereocenters. The SMILES string of the molecule is CCc1cnc(Cn2c(N)nc3cc(Cl)c(F)cc32)o1. The molecule has 0 radical (unpaired) electrons. The lowest BCUT2D eigenvalue weighted by Gasteiger charge is -2.03. The Morgan fingerprint density at radius 1 is 1.45 bits per heavy atom. The van der Waals surface area contributed by atoms with Gasteiger partial charge >= 0.3 is 0 Å². The summed E-state index contributed by atoms with van der Waals surface area (Å²) >= 11 is 5.74. The Morgan fingerprint density at radius 2 is 2.25 bits per heavy atom. The van der Waals surface area contributed by atoms with Gasteiger partial charge in [0.15, 0.2) is 0 Å². The number of fused-ring (bicyclic) bond motifs is 1. The zero-order chi connectivity index (χ0) is 14.3. The molecule has 0 spiro atoms. The van der Waals surface area contributed by atoms with E-state index in [2.05, 4.69) is 9.97 Å². The van der Waals surface area contributed by atoms with Crippen molar-refractivity contribution in [2.45, 2.75) is 19.9 Å². The molecular formula is C13H12ClFN4O. The van der Waals surface area contributed by atoms with Gasteiger partial charge in [0.2, 0.25) is 11.8 Å². The van der Waals surface area contributed by atoms with E-state index >= 15 is 0 Å². The van der Waals surface area contributed by atoms with Gasteiger partial charge in [0, 0.05) is 12.5 Å². The summed E-state index contributed by atoms with van der Waals surface area (Å²) in [5.74, 6) is 1.04. The van der Waals surface area contributed by atoms with E-state index in [1.165, 1.54) is 12.1 Å². The number of anilines is 1. The highest BCUT2D eigenvalue weighted by molar-refractivity contribution is 6.31. The van der Waals surface area contributed by atoms with Crippen molar-refractivity contribution in [3.63, 3.8) is 0 Å². The van der Waals surface area contributed by atoms with Gasteiger partial charge in [0.25, 0.3) is 0 Å². The number of hydrogen-bond acceptors (Lipinski definition) is 4. The van der Waals surface area contributed by atoms with Crippen LogP contribution in [0, 0.1) is 5.82 Å². The lowest BCUT2D eigenvalue weighted by atomic mass is 10.3. The number of benzene rings is 1. The molecule has 0 aliphatic heterocycles. The lowest BCUT2D eigenvalue weighted by Crippen LogP contribution is -2.04. The van der Waals surface area contributed by atoms with Crippen LogP contribution < -0.4 is 5.73 Å². The molecule has 0 aliphatic carbocycles. The highest BCUT2D eigenvalue weighted by Crippen LogP contribution is 2.25. The van der Waals surface area contributed by atoms with E-state index in [9.17, 15) is 4.39 Å². The number of halogens is 2. The molecule has 2 aromatic heterocycles. The molecule has 0 saturated heterocycles. The van der Waals surface area contributed by atoms with Crippen molar-refractivity contribution in [1.29, 1.82) is 0 Å². The molecule has 2 heterocycles. The van der Waals surface area contributed by atoms with Crippen molar-refractivity contribution in [1.82, 2.24) is 14.5 Å². The average Bonchev–Trinajstić information content (AvgIpc) is 2.98. The predicted octanol–water partition coefficient (Wildman–Crippen LogP) is 3.01. The zero-order valence-electron chi connectivity index (χ0n) is 10.7. The Hall–Kier alpha value is -2.08. The second-order valence-electron chi connectivity index (χ2n) is 4.39. The molecule has 3 aromatic rings. The van der Waals surface area contributed by atoms with E-state index in [0.717, 1.165) is 12.2 Å². The first-order valence-corrected chi connectivity index (χ1v) is 6.50. The highest BCUT2D eigenvalue weighted by Gasteiger charge is 2.14. The Morgan fingerprint density at radius 3 is 2.95 bits per heavy atom. The van der Waals surface area contributed by atoms with Crippen molar-refractivity contribution in [2.75, 3.05) is 5.73 Å². The molecule has 0 fully saturated rings. The number of hydrogen-bond donors (Lipinski definition) is 1. The van der Waals surface area contributed by atoms with Crippen LogP contribution in [-0.4, -0.2) is 14.5 Å². The van der Waals surface area contributed by atoms with Crippen LogP contribution in [0.15, 0.2) is 22.7 Å². The zero-order valence-corrected chi connectivity index (χ0v) is 11.5. The molecular weight excluding hydrogens is 283 g/mol. The summed E-state index contributed by atoms with van der Waals surface area (Å²) in [5, 5.41) is 0.0199. The van der Waals surface area contributed by atoms with Crippen LogP contribution in [0.5, 0.6) is 0 Å². The van der Waals surface area contributed by atoms with Gasteiger partial charge in [0.05, 0.1) is 22.3 Å². The van der Waals surface area contributed by atoms with Crippen LogP contribution in [0.1, 0.15) is 18.6 Å². The van der Waals surface area contributed by atoms with E-state index < -0.39 is 5.82 Å². The molecule has 0 bridgehead atoms. The predicted molar refractivity (Wildman–Crippen MR) is 74.1 cm³/mol. The molecule has 2 N–H and O–H groups in total. The molecule has 104 valence electrons. The van der Waals surface area contributed by atoms with E-state index in [1.54, 1.807) is 10.8 Å². The number of aryl methyl sites for hydroxylation is 1. The van der Waals surface area contributed by atoms with Crippen LogP contribution in [0.2, 0.25) is 5.02 Å². The second-order valence-corrected chi connectivity index (χ2v) is 4.79. The van der Waals surface area contributed by atoms with Crippen LogP contribution in [0.25, 0.3) is 11.0 Å². The third kappa shape index (κ3) is 2.12. The summed E-state index contributed by atoms with van der Waals surface area (Å²) in [6, 6.07) is 2.76. The minimum absolute atomic E-state index is 0.0199. The third-order valence-electron chi connectivity index (χ3n) is 3.06. The van der Waals surface area contributed by atoms with Gasteiger partial charge < -0.3 is 14.7 Å². The van der Waals surface area contributed by atoms with E-state index in [-0.39, 0.29) is 11.0 Å². The number of nitrogens with zero attached hydrogens (tertiary/aromatic N) is 3. The normalized spacial score (nSPS) is 11.3. The third-order valence-corrected chi connectivity index (χ3v) is 3.35. The number of rotatable bonds is 3. The maximum Gasteiger partial charge on any atom is 0.214 e. The summed E-state index contributed by atoms with van der Waals surface area (Å²) in [4.78, 5) is 8.32. The molecule has 3 rings (SSSR count). The summed E-state index contributed by atoms with van der Waals surface area (Å²) in [5.41, 5.74) is 6.95. The molecule has 0 aliphatic rings. The average molecular weight is 295 g/mol. The van der Waals surface area contributed by atoms with Gasteiger partial charge in [-0.25, -0.2) is 14.4 Å². The highest BCUT2D eigenvalue weighted by atomic mass is 35.5. The fourth-order valence-electron chi connectivity index (χ4n) is 2.02. The molecule has 20 heavy (non-hydrogen) atoms. The van der Waals surface area contributed by atoms with Crippen molar-refractivity contribution >= 4 is 28.6 Å². The number of nitrogens with two attached hydrogens (primary N) is 1. The monoisotopic (exact) mass is 294 g/mol. The van der Waals surface area contributed by atoms with E-state index in [1.807, 2.05) is 6.92 Å². The molecule has 0 unspecified atom stereocenters. The standard InChI is InChI=1S/C13H12ClFN4O/c1-2-7-5-17-12(20-7)6-19-11-4-9(15)8(14)3-10(11)18-13(19)16/h3-5H,2,6H2,1H3,(H2,16,18). The van der Waals surface area contributed by atoms with Crippen LogP contribution in [0.4, 0.5) is 10.3 Å². The smallest absolute Gasteiger partial charge is 0.214 e. The molecule has 5 nitrogen and oxygen atoms in total. The maximum absolute atomic E-state index is 13.6. The van der Waals surface area contributed by atoms with Gasteiger partial charge in [-0.05, 0) is 6.07 Å². The second kappa shape index (κ2) is 4.79. The maximum atomic E-state index is 13.6. The number of aromatic nitrogens is 3. The summed E-state index contributed by atoms with van der Waals surface area (Å²) in [7, 11) is 0. The fourth-order valence-corrected chi connectivity index (χ4v) is 2.18. The quantitative estimate of drug-likeness (QED) is 0.806. The van der Waals surface area contributed by atoms with Crippen molar-refractivity contribution in [2.24, 2.45) is 0 Å². The summed E-state index contributed by atoms with van der Waals surface area (Å²) < 4.78 is 20.8. The summed E-state index contributed by atoms with van der Waals surface area (Å²) in [6.45, 7) is 2.27. The molecule has 1 aromatic carbocycles. The first-order valence-electron chi connectivity index (χ1n) is 6.12. The van der Waals surface area contributed by atoms with E-state index in [0.29, 0.717) is 23.5 Å². The fraction of sp³-hybridized carbons (Fsp3) is 0.231. The van der Waals surface area contributed by atoms with Crippen molar-refractivity contribution in [3.8, 4) is 0 Å². The van der Waals surface area contributed by atoms with Gasteiger partial charge in [-0.2, -0.15) is 0 Å². The number of imidazole rings is 1. The van der Waals surface area contributed by atoms with Gasteiger partial charge in [0.1, 0.15) is 18.1 Å². The number of nitrogen functional groups attached to an aromatic ring is 1. The van der Waals surface area contributed by atoms with Crippen LogP contribution in [0.3, 0.4) is 0 Å². The Bertz CT molecular complexity index is 780. The van der Waals surface area contributed by atoms with Gasteiger partial charge in [-0.1, -0.05) is 18.5 Å². The van der Waals surface area contributed by atoms with E-state index in [4.69, 9.17) is 21.8 Å². The largest absolute Gasteiger partial charge is 0.444 e. The molecule has 0 amide bonds. The van der Waals surface area contributed by atoms with Crippen molar-refractivity contribution in [3.05, 3.63) is 40.8 Å². The van der Waals surface area contributed by atoms with Gasteiger partial charge in [-0.15, -0.1) is 0 Å². The van der Waals surface area contributed by atoms with Gasteiger partial charge in [-0.3, -0.25) is 0 Å². The molecule has 7 heteroatoms. The first-order chi connectivity index (χ1) is 9.58. The number of oxazole rings is 1. The first kappa shape index (κ1) is 12.9. The van der Waals surface area contributed by atoms with Crippen LogP contribution >= 0.6 is 11.6 Å². The Balaban J connectivity index is 2.06. The summed E-state index contributed by atoms with van der Waals surface area (Å²) in [6.07, 6.45) is 2.43.